The third-order valence-electron chi connectivity index (χ3n) is 3.00. The van der Waals surface area contributed by atoms with E-state index in [0.29, 0.717) is 5.32 Å². The number of carbonyl (C=O) groups excluding carboxylic acids is 2. The van der Waals surface area contributed by atoms with Crippen LogP contribution in [0.1, 0.15) is 0 Å². The normalized spacial score (nSPS) is 15.0. The molecule has 0 heterocycles. The molecule has 20 heteroatoms. The van der Waals surface area contributed by atoms with Gasteiger partial charge in [0.15, 0.2) is 6.61 Å². The monoisotopic (exact) mass is 486 g/mol. The number of rotatable bonds is 7. The molecule has 0 aliphatic rings. The number of alkyl carbamates (subject to hydrolysis) is 1. The van der Waals surface area contributed by atoms with Gasteiger partial charge in [0.2, 0.25) is 0 Å². The van der Waals surface area contributed by atoms with E-state index in [2.05, 4.69) is 10.5 Å². The van der Waals surface area contributed by atoms with Gasteiger partial charge in [0.25, 0.3) is 0 Å². The van der Waals surface area contributed by atoms with Gasteiger partial charge in [-0.2, -0.15) is 65.9 Å². The molecule has 0 aliphatic carbocycles. The van der Waals surface area contributed by atoms with Gasteiger partial charge in [0, 0.05) is 0 Å². The first-order valence-electron chi connectivity index (χ1n) is 6.38. The lowest BCUT2D eigenvalue weighted by Gasteiger charge is -2.41. The summed E-state index contributed by atoms with van der Waals surface area (Å²) in [6.45, 7) is -3.37. The van der Waals surface area contributed by atoms with Crippen molar-refractivity contribution in [2.45, 2.75) is 41.7 Å². The Bertz CT molecular complexity index is 672. The lowest BCUT2D eigenvalue weighted by Crippen LogP contribution is -2.73. The summed E-state index contributed by atoms with van der Waals surface area (Å²) in [5.74, 6) is -47.8. The minimum absolute atomic E-state index is 0.716. The number of hydrogen-bond donors (Lipinski definition) is 2. The van der Waals surface area contributed by atoms with Crippen molar-refractivity contribution in [1.29, 1.82) is 0 Å². The fraction of sp³-hybridized carbons (Fsp3) is 0.800. The number of primary amides is 1. The molecule has 5 nitrogen and oxygen atoms in total. The molecule has 0 aliphatic heterocycles. The number of nitrogens with one attached hydrogen (secondary N) is 1. The molecule has 0 aromatic heterocycles. The van der Waals surface area contributed by atoms with Crippen molar-refractivity contribution in [3.05, 3.63) is 0 Å². The molecular formula is C10H5F15N2O3. The van der Waals surface area contributed by atoms with Crippen molar-refractivity contribution in [3.8, 4) is 0 Å². The third kappa shape index (κ3) is 4.12. The highest BCUT2D eigenvalue weighted by Crippen LogP contribution is 2.62. The van der Waals surface area contributed by atoms with Gasteiger partial charge in [0.05, 0.1) is 0 Å². The van der Waals surface area contributed by atoms with E-state index in [1.807, 2.05) is 0 Å². The van der Waals surface area contributed by atoms with E-state index in [9.17, 15) is 75.4 Å². The lowest BCUT2D eigenvalue weighted by atomic mass is 9.91. The van der Waals surface area contributed by atoms with Crippen molar-refractivity contribution >= 4 is 12.1 Å². The molecule has 0 fully saturated rings. The first-order valence-corrected chi connectivity index (χ1v) is 6.38. The molecule has 0 saturated carbocycles. The average Bonchev–Trinajstić information content (AvgIpc) is 2.50. The Hall–Kier alpha value is -2.31. The van der Waals surface area contributed by atoms with E-state index < -0.39 is 60.4 Å². The molecule has 0 spiro atoms. The zero-order valence-electron chi connectivity index (χ0n) is 13.2. The van der Waals surface area contributed by atoms with Crippen LogP contribution < -0.4 is 11.1 Å². The molecule has 3 N–H and O–H groups in total. The van der Waals surface area contributed by atoms with Gasteiger partial charge in [-0.3, -0.25) is 0 Å². The maximum Gasteiger partial charge on any atom is 0.460 e. The molecule has 0 atom stereocenters. The second-order valence-electron chi connectivity index (χ2n) is 5.14. The molecule has 0 unspecified atom stereocenters. The summed E-state index contributed by atoms with van der Waals surface area (Å²) in [4.78, 5) is 20.7. The van der Waals surface area contributed by atoms with E-state index in [-0.39, 0.29) is 0 Å². The minimum Gasteiger partial charge on any atom is -0.443 e. The highest BCUT2D eigenvalue weighted by Gasteiger charge is 2.93. The Morgan fingerprint density at radius 3 is 1.30 bits per heavy atom. The average molecular weight is 486 g/mol. The van der Waals surface area contributed by atoms with Crippen LogP contribution in [-0.4, -0.2) is 60.4 Å². The molecule has 0 saturated heterocycles. The molecule has 0 rings (SSSR count). The summed E-state index contributed by atoms with van der Waals surface area (Å²) in [7, 11) is 0. The summed E-state index contributed by atoms with van der Waals surface area (Å²) < 4.78 is 195. The highest BCUT2D eigenvalue weighted by atomic mass is 19.4. The zero-order chi connectivity index (χ0) is 24.8. The van der Waals surface area contributed by atoms with Crippen LogP contribution in [0, 0.1) is 0 Å². The lowest BCUT2D eigenvalue weighted by molar-refractivity contribution is -0.453. The Morgan fingerprint density at radius 2 is 0.967 bits per heavy atom. The van der Waals surface area contributed by atoms with Crippen LogP contribution in [0.15, 0.2) is 0 Å². The second kappa shape index (κ2) is 7.43. The maximum absolute atomic E-state index is 13.3. The van der Waals surface area contributed by atoms with Crippen LogP contribution in [-0.2, 0) is 4.74 Å². The van der Waals surface area contributed by atoms with Gasteiger partial charge in [-0.15, -0.1) is 0 Å². The van der Waals surface area contributed by atoms with E-state index >= 15 is 0 Å². The first kappa shape index (κ1) is 27.7. The van der Waals surface area contributed by atoms with E-state index in [1.165, 1.54) is 0 Å². The number of carbonyl (C=O) groups is 2. The fourth-order valence-electron chi connectivity index (χ4n) is 1.38. The SMILES string of the molecule is NC(=O)NC(=O)OCC(F)(F)C(F)(F)C(F)(F)C(F)(F)C(F)(F)C(F)(F)C(F)(F)F. The summed E-state index contributed by atoms with van der Waals surface area (Å²) >= 11 is 0. The van der Waals surface area contributed by atoms with Crippen LogP contribution in [0.25, 0.3) is 0 Å². The van der Waals surface area contributed by atoms with Crippen LogP contribution in [0.2, 0.25) is 0 Å². The van der Waals surface area contributed by atoms with Crippen molar-refractivity contribution in [1.82, 2.24) is 5.32 Å². The van der Waals surface area contributed by atoms with Crippen LogP contribution in [0.3, 0.4) is 0 Å². The fourth-order valence-corrected chi connectivity index (χ4v) is 1.38. The maximum atomic E-state index is 13.3. The van der Waals surface area contributed by atoms with Crippen molar-refractivity contribution < 1.29 is 80.2 Å². The zero-order valence-corrected chi connectivity index (χ0v) is 13.2. The molecule has 30 heavy (non-hydrogen) atoms. The number of ether oxygens (including phenoxy) is 1. The van der Waals surface area contributed by atoms with Gasteiger partial charge in [-0.1, -0.05) is 0 Å². The predicted molar refractivity (Wildman–Crippen MR) is 59.8 cm³/mol. The molecular weight excluding hydrogens is 481 g/mol. The topological polar surface area (TPSA) is 81.4 Å². The van der Waals surface area contributed by atoms with Gasteiger partial charge in [-0.25, -0.2) is 14.9 Å². The summed E-state index contributed by atoms with van der Waals surface area (Å²) in [5.41, 5.74) is 4.22. The molecule has 0 radical (unpaired) electrons. The smallest absolute Gasteiger partial charge is 0.443 e. The highest BCUT2D eigenvalue weighted by molar-refractivity contribution is 5.89. The molecule has 0 aromatic rings. The number of urea groups is 1. The number of amides is 3. The quantitative estimate of drug-likeness (QED) is 0.531. The summed E-state index contributed by atoms with van der Waals surface area (Å²) in [6.07, 6.45) is -10.2. The number of nitrogens with two attached hydrogens (primary N) is 1. The van der Waals surface area contributed by atoms with Crippen LogP contribution in [0.5, 0.6) is 0 Å². The van der Waals surface area contributed by atoms with Crippen molar-refractivity contribution in [2.75, 3.05) is 6.61 Å². The van der Waals surface area contributed by atoms with Gasteiger partial charge >= 0.3 is 53.8 Å². The van der Waals surface area contributed by atoms with Crippen molar-refractivity contribution in [3.63, 3.8) is 0 Å². The number of imide groups is 1. The van der Waals surface area contributed by atoms with Gasteiger partial charge in [-0.05, 0) is 0 Å². The molecule has 178 valence electrons. The molecule has 3 amide bonds. The third-order valence-corrected chi connectivity index (χ3v) is 3.00. The first-order chi connectivity index (χ1) is 12.8. The van der Waals surface area contributed by atoms with Crippen molar-refractivity contribution in [2.24, 2.45) is 5.73 Å². The number of hydrogen-bond acceptors (Lipinski definition) is 3. The Kier molecular flexibility index (Phi) is 6.86. The minimum atomic E-state index is -8.44. The Labute approximate surface area is 153 Å². The van der Waals surface area contributed by atoms with Gasteiger partial charge in [0.1, 0.15) is 0 Å². The summed E-state index contributed by atoms with van der Waals surface area (Å²) in [5, 5.41) is 0.716. The van der Waals surface area contributed by atoms with E-state index in [0.717, 1.165) is 0 Å². The predicted octanol–water partition coefficient (Wildman–Crippen LogP) is 4.17. The van der Waals surface area contributed by atoms with Crippen LogP contribution >= 0.6 is 0 Å². The Morgan fingerprint density at radius 1 is 0.633 bits per heavy atom. The number of alkyl halides is 15. The second-order valence-corrected chi connectivity index (χ2v) is 5.14. The standard InChI is InChI=1S/C10H5F15N2O3/c11-4(12,1-30-3(29)27-2(26)28)5(13,14)6(15,16)7(17,18)8(19,20)9(21,22)10(23,24)25/h1H2,(H3,26,27,28,29). The number of halogens is 15. The Balaban J connectivity index is 6.16. The molecule has 0 aromatic carbocycles. The van der Waals surface area contributed by atoms with E-state index in [1.54, 1.807) is 0 Å². The van der Waals surface area contributed by atoms with Gasteiger partial charge < -0.3 is 10.5 Å². The largest absolute Gasteiger partial charge is 0.460 e. The van der Waals surface area contributed by atoms with E-state index in [4.69, 9.17) is 0 Å². The molecule has 0 bridgehead atoms. The summed E-state index contributed by atoms with van der Waals surface area (Å²) in [6, 6.07) is -1.90. The van der Waals surface area contributed by atoms with Crippen LogP contribution in [0.4, 0.5) is 75.4 Å².